The number of rotatable bonds is 5. The summed E-state index contributed by atoms with van der Waals surface area (Å²) in [4.78, 5) is 31.5. The van der Waals surface area contributed by atoms with Gasteiger partial charge in [-0.1, -0.05) is 25.7 Å². The Morgan fingerprint density at radius 1 is 0.875 bits per heavy atom. The third-order valence-electron chi connectivity index (χ3n) is 7.46. The predicted octanol–water partition coefficient (Wildman–Crippen LogP) is 3.79. The number of aromatic nitrogens is 3. The number of carbonyl (C=O) groups is 1. The van der Waals surface area contributed by atoms with Gasteiger partial charge >= 0.3 is 0 Å². The van der Waals surface area contributed by atoms with Crippen LogP contribution in [-0.4, -0.2) is 64.5 Å². The van der Waals surface area contributed by atoms with E-state index in [0.717, 1.165) is 56.4 Å². The predicted molar refractivity (Wildman–Crippen MR) is 127 cm³/mol. The molecule has 2 saturated heterocycles. The van der Waals surface area contributed by atoms with Crippen LogP contribution in [0, 0.1) is 5.92 Å². The number of fused-ring (bicyclic) bond motifs is 1. The van der Waals surface area contributed by atoms with Crippen molar-refractivity contribution in [3.63, 3.8) is 0 Å². The lowest BCUT2D eigenvalue weighted by atomic mass is 10.0. The van der Waals surface area contributed by atoms with Crippen LogP contribution in [0.5, 0.6) is 0 Å². The van der Waals surface area contributed by atoms with Crippen LogP contribution in [-0.2, 0) is 0 Å². The first-order valence-corrected chi connectivity index (χ1v) is 12.7. The standard InChI is InChI=1S/C25H36N6O/c32-24(27-20-11-15-30(16-12-20)18-19-7-3-4-8-19)22-10-9-21-23(28-22)17-26-25(29-21)31-13-5-1-2-6-14-31/h9-10,17,19-20H,1-8,11-16,18H2,(H,27,32). The summed E-state index contributed by atoms with van der Waals surface area (Å²) in [5.74, 6) is 1.59. The van der Waals surface area contributed by atoms with E-state index in [1.165, 1.54) is 57.9 Å². The molecule has 7 nitrogen and oxygen atoms in total. The van der Waals surface area contributed by atoms with Crippen LogP contribution in [0.1, 0.15) is 74.7 Å². The van der Waals surface area contributed by atoms with Crippen LogP contribution in [0.3, 0.4) is 0 Å². The molecule has 7 heteroatoms. The third kappa shape index (κ3) is 5.20. The van der Waals surface area contributed by atoms with Crippen LogP contribution in [0.25, 0.3) is 11.0 Å². The van der Waals surface area contributed by atoms with Gasteiger partial charge in [-0.05, 0) is 56.6 Å². The van der Waals surface area contributed by atoms with Crippen molar-refractivity contribution in [2.24, 2.45) is 5.92 Å². The number of likely N-dealkylation sites (tertiary alicyclic amines) is 1. The van der Waals surface area contributed by atoms with Gasteiger partial charge in [-0.15, -0.1) is 0 Å². The molecule has 3 fully saturated rings. The number of piperidine rings is 1. The van der Waals surface area contributed by atoms with E-state index in [1.807, 2.05) is 6.07 Å². The minimum Gasteiger partial charge on any atom is -0.348 e. The van der Waals surface area contributed by atoms with Crippen molar-refractivity contribution >= 4 is 22.9 Å². The Labute approximate surface area is 191 Å². The molecule has 172 valence electrons. The maximum atomic E-state index is 12.8. The van der Waals surface area contributed by atoms with Gasteiger partial charge < -0.3 is 15.1 Å². The molecule has 1 aliphatic carbocycles. The van der Waals surface area contributed by atoms with Crippen molar-refractivity contribution in [1.82, 2.24) is 25.2 Å². The first-order valence-electron chi connectivity index (χ1n) is 12.7. The maximum Gasteiger partial charge on any atom is 0.270 e. The molecule has 0 unspecified atom stereocenters. The molecule has 2 aromatic rings. The lowest BCUT2D eigenvalue weighted by molar-refractivity contribution is 0.0901. The summed E-state index contributed by atoms with van der Waals surface area (Å²) in [7, 11) is 0. The fourth-order valence-electron chi connectivity index (χ4n) is 5.54. The number of nitrogens with zero attached hydrogens (tertiary/aromatic N) is 5. The highest BCUT2D eigenvalue weighted by atomic mass is 16.1. The summed E-state index contributed by atoms with van der Waals surface area (Å²) >= 11 is 0. The molecule has 5 rings (SSSR count). The number of pyridine rings is 1. The maximum absolute atomic E-state index is 12.8. The minimum absolute atomic E-state index is 0.0854. The summed E-state index contributed by atoms with van der Waals surface area (Å²) in [6, 6.07) is 3.94. The molecule has 2 aliphatic heterocycles. The van der Waals surface area contributed by atoms with E-state index >= 15 is 0 Å². The van der Waals surface area contributed by atoms with Gasteiger partial charge in [0.2, 0.25) is 5.95 Å². The number of amides is 1. The molecule has 0 bridgehead atoms. The molecule has 1 saturated carbocycles. The molecule has 0 aromatic carbocycles. The molecule has 3 aliphatic rings. The molecule has 0 atom stereocenters. The van der Waals surface area contributed by atoms with E-state index in [2.05, 4.69) is 25.1 Å². The Bertz CT molecular complexity index is 912. The topological polar surface area (TPSA) is 74.2 Å². The molecular weight excluding hydrogens is 400 g/mol. The highest BCUT2D eigenvalue weighted by Crippen LogP contribution is 2.26. The number of anilines is 1. The number of carbonyl (C=O) groups excluding carboxylic acids is 1. The fraction of sp³-hybridized carbons (Fsp3) is 0.680. The van der Waals surface area contributed by atoms with Crippen LogP contribution < -0.4 is 10.2 Å². The number of hydrogen-bond acceptors (Lipinski definition) is 6. The fourth-order valence-corrected chi connectivity index (χ4v) is 5.54. The third-order valence-corrected chi connectivity index (χ3v) is 7.46. The smallest absolute Gasteiger partial charge is 0.270 e. The van der Waals surface area contributed by atoms with E-state index in [0.29, 0.717) is 11.2 Å². The molecule has 1 N–H and O–H groups in total. The van der Waals surface area contributed by atoms with E-state index in [4.69, 9.17) is 4.98 Å². The Kier molecular flexibility index (Phi) is 6.81. The number of nitrogens with one attached hydrogen (secondary N) is 1. The lowest BCUT2D eigenvalue weighted by Crippen LogP contribution is -2.45. The second-order valence-electron chi connectivity index (χ2n) is 9.87. The van der Waals surface area contributed by atoms with Crippen LogP contribution in [0.15, 0.2) is 18.3 Å². The van der Waals surface area contributed by atoms with Crippen molar-refractivity contribution < 1.29 is 4.79 Å². The van der Waals surface area contributed by atoms with E-state index in [-0.39, 0.29) is 11.9 Å². The largest absolute Gasteiger partial charge is 0.348 e. The monoisotopic (exact) mass is 436 g/mol. The van der Waals surface area contributed by atoms with Crippen molar-refractivity contribution in [1.29, 1.82) is 0 Å². The average molecular weight is 437 g/mol. The SMILES string of the molecule is O=C(NC1CCN(CC2CCCC2)CC1)c1ccc2nc(N3CCCCCC3)ncc2n1. The normalized spacial score (nSPS) is 21.7. The van der Waals surface area contributed by atoms with Crippen molar-refractivity contribution in [2.75, 3.05) is 37.6 Å². The van der Waals surface area contributed by atoms with Gasteiger partial charge in [-0.25, -0.2) is 15.0 Å². The molecule has 0 radical (unpaired) electrons. The van der Waals surface area contributed by atoms with Gasteiger partial charge in [0.1, 0.15) is 11.2 Å². The Morgan fingerprint density at radius 2 is 1.62 bits per heavy atom. The second kappa shape index (κ2) is 10.1. The van der Waals surface area contributed by atoms with Crippen molar-refractivity contribution in [3.8, 4) is 0 Å². The first kappa shape index (κ1) is 21.6. The Hall–Kier alpha value is -2.28. The van der Waals surface area contributed by atoms with Crippen molar-refractivity contribution in [3.05, 3.63) is 24.0 Å². The average Bonchev–Trinajstić information content (AvgIpc) is 3.18. The van der Waals surface area contributed by atoms with Crippen LogP contribution in [0.4, 0.5) is 5.95 Å². The van der Waals surface area contributed by atoms with Gasteiger partial charge in [0.25, 0.3) is 5.91 Å². The highest BCUT2D eigenvalue weighted by molar-refractivity contribution is 5.94. The summed E-state index contributed by atoms with van der Waals surface area (Å²) in [5, 5.41) is 3.21. The molecule has 32 heavy (non-hydrogen) atoms. The van der Waals surface area contributed by atoms with Gasteiger partial charge in [-0.2, -0.15) is 0 Å². The van der Waals surface area contributed by atoms with E-state index < -0.39 is 0 Å². The Balaban J connectivity index is 1.17. The highest BCUT2D eigenvalue weighted by Gasteiger charge is 2.25. The van der Waals surface area contributed by atoms with E-state index in [9.17, 15) is 4.79 Å². The Morgan fingerprint density at radius 3 is 2.38 bits per heavy atom. The number of hydrogen-bond donors (Lipinski definition) is 1. The summed E-state index contributed by atoms with van der Waals surface area (Å²) in [5.41, 5.74) is 1.94. The van der Waals surface area contributed by atoms with Gasteiger partial charge in [0.05, 0.1) is 11.7 Å². The molecular formula is C25H36N6O. The second-order valence-corrected chi connectivity index (χ2v) is 9.87. The summed E-state index contributed by atoms with van der Waals surface area (Å²) in [6.45, 7) is 5.43. The molecule has 4 heterocycles. The quantitative estimate of drug-likeness (QED) is 0.769. The zero-order valence-corrected chi connectivity index (χ0v) is 19.1. The minimum atomic E-state index is -0.0854. The van der Waals surface area contributed by atoms with Gasteiger partial charge in [-0.3, -0.25) is 4.79 Å². The van der Waals surface area contributed by atoms with Crippen LogP contribution >= 0.6 is 0 Å². The zero-order valence-electron chi connectivity index (χ0n) is 19.1. The summed E-state index contributed by atoms with van der Waals surface area (Å²) in [6.07, 6.45) is 14.4. The van der Waals surface area contributed by atoms with Crippen LogP contribution in [0.2, 0.25) is 0 Å². The molecule has 1 amide bonds. The van der Waals surface area contributed by atoms with Crippen molar-refractivity contribution in [2.45, 2.75) is 70.3 Å². The zero-order chi connectivity index (χ0) is 21.8. The first-order chi connectivity index (χ1) is 15.7. The summed E-state index contributed by atoms with van der Waals surface area (Å²) < 4.78 is 0. The van der Waals surface area contributed by atoms with Gasteiger partial charge in [0.15, 0.2) is 0 Å². The van der Waals surface area contributed by atoms with E-state index in [1.54, 1.807) is 12.3 Å². The molecule has 0 spiro atoms. The lowest BCUT2D eigenvalue weighted by Gasteiger charge is -2.33. The van der Waals surface area contributed by atoms with Gasteiger partial charge in [0, 0.05) is 38.8 Å². The molecule has 2 aromatic heterocycles.